The van der Waals surface area contributed by atoms with Gasteiger partial charge in [-0.05, 0) is 24.3 Å². The van der Waals surface area contributed by atoms with Gasteiger partial charge in [-0.25, -0.2) is 19.2 Å². The largest absolute Gasteiger partial charge is 0.383 e. The van der Waals surface area contributed by atoms with Crippen LogP contribution in [0.25, 0.3) is 10.9 Å². The van der Waals surface area contributed by atoms with Gasteiger partial charge >= 0.3 is 6.03 Å². The molecule has 0 aliphatic carbocycles. The molecule has 8 nitrogen and oxygen atoms in total. The Labute approximate surface area is 185 Å². The molecule has 0 aliphatic heterocycles. The summed E-state index contributed by atoms with van der Waals surface area (Å²) < 4.78 is 24.8. The molecule has 2 amide bonds. The van der Waals surface area contributed by atoms with Gasteiger partial charge in [-0.1, -0.05) is 12.0 Å². The summed E-state index contributed by atoms with van der Waals surface area (Å²) in [5, 5.41) is 6.33. The first-order valence-corrected chi connectivity index (χ1v) is 9.87. The van der Waals surface area contributed by atoms with E-state index in [1.807, 2.05) is 18.2 Å². The van der Waals surface area contributed by atoms with Crippen LogP contribution in [0.3, 0.4) is 0 Å². The number of carbonyl (C=O) groups is 1. The lowest BCUT2D eigenvalue weighted by atomic mass is 10.1. The molecule has 1 aromatic heterocycles. The highest BCUT2D eigenvalue weighted by molar-refractivity contribution is 5.97. The Bertz CT molecular complexity index is 1120. The molecule has 0 spiro atoms. The number of methoxy groups -OCH3 is 2. The molecule has 0 radical (unpaired) electrons. The molecule has 0 fully saturated rings. The van der Waals surface area contributed by atoms with Gasteiger partial charge in [0, 0.05) is 50.0 Å². The number of anilines is 3. The third kappa shape index (κ3) is 5.69. The van der Waals surface area contributed by atoms with E-state index >= 15 is 0 Å². The Balaban J connectivity index is 1.89. The van der Waals surface area contributed by atoms with Crippen LogP contribution in [-0.4, -0.2) is 61.4 Å². The van der Waals surface area contributed by atoms with Crippen molar-refractivity contribution in [2.45, 2.75) is 0 Å². The maximum absolute atomic E-state index is 14.7. The molecular formula is C23H24FN5O3. The average molecular weight is 437 g/mol. The minimum absolute atomic E-state index is 0.0116. The topological polar surface area (TPSA) is 88.6 Å². The van der Waals surface area contributed by atoms with Crippen molar-refractivity contribution in [2.24, 2.45) is 0 Å². The number of carbonyl (C=O) groups excluding carboxylic acids is 1. The maximum Gasteiger partial charge on any atom is 0.322 e. The second-order valence-corrected chi connectivity index (χ2v) is 6.82. The number of terminal acetylenes is 1. The molecule has 2 aromatic carbocycles. The number of urea groups is 1. The zero-order valence-corrected chi connectivity index (χ0v) is 17.9. The van der Waals surface area contributed by atoms with Crippen LogP contribution < -0.4 is 10.6 Å². The molecule has 32 heavy (non-hydrogen) atoms. The zero-order chi connectivity index (χ0) is 22.9. The molecule has 0 aliphatic rings. The van der Waals surface area contributed by atoms with Crippen LogP contribution in [0.5, 0.6) is 0 Å². The van der Waals surface area contributed by atoms with Crippen LogP contribution in [-0.2, 0) is 9.47 Å². The van der Waals surface area contributed by atoms with Gasteiger partial charge in [-0.3, -0.25) is 0 Å². The van der Waals surface area contributed by atoms with E-state index in [1.54, 1.807) is 20.3 Å². The number of ether oxygens (including phenoxy) is 2. The summed E-state index contributed by atoms with van der Waals surface area (Å²) in [6.07, 6.45) is 6.80. The smallest absolute Gasteiger partial charge is 0.322 e. The number of hydrogen-bond donors (Lipinski definition) is 2. The zero-order valence-electron chi connectivity index (χ0n) is 17.9. The summed E-state index contributed by atoms with van der Waals surface area (Å²) in [5.41, 5.74) is 1.83. The lowest BCUT2D eigenvalue weighted by Crippen LogP contribution is -2.39. The minimum Gasteiger partial charge on any atom is -0.383 e. The van der Waals surface area contributed by atoms with Crippen LogP contribution in [0.4, 0.5) is 26.4 Å². The highest BCUT2D eigenvalue weighted by Gasteiger charge is 2.17. The van der Waals surface area contributed by atoms with Gasteiger partial charge in [0.1, 0.15) is 18.0 Å². The summed E-state index contributed by atoms with van der Waals surface area (Å²) in [6.45, 7) is 1.36. The maximum atomic E-state index is 14.7. The third-order valence-electron chi connectivity index (χ3n) is 4.68. The number of nitrogens with one attached hydrogen (secondary N) is 2. The SMILES string of the molecule is C#Cc1cccc(Nc2ncnc3cc(F)c(NC(=O)N(CCOC)CCOC)cc23)c1. The second-order valence-electron chi connectivity index (χ2n) is 6.82. The fourth-order valence-corrected chi connectivity index (χ4v) is 3.01. The second kappa shape index (κ2) is 11.0. The monoisotopic (exact) mass is 437 g/mol. The van der Waals surface area contributed by atoms with Crippen LogP contribution in [0.2, 0.25) is 0 Å². The molecule has 0 bridgehead atoms. The van der Waals surface area contributed by atoms with Crippen molar-refractivity contribution in [3.63, 3.8) is 0 Å². The highest BCUT2D eigenvalue weighted by Crippen LogP contribution is 2.28. The Kier molecular flexibility index (Phi) is 7.91. The van der Waals surface area contributed by atoms with Gasteiger partial charge in [0.15, 0.2) is 0 Å². The average Bonchev–Trinajstić information content (AvgIpc) is 2.80. The van der Waals surface area contributed by atoms with Crippen molar-refractivity contribution in [3.05, 3.63) is 54.1 Å². The van der Waals surface area contributed by atoms with Crippen LogP contribution in [0.15, 0.2) is 42.7 Å². The van der Waals surface area contributed by atoms with Gasteiger partial charge in [-0.15, -0.1) is 6.42 Å². The first-order valence-electron chi connectivity index (χ1n) is 9.87. The normalized spacial score (nSPS) is 10.6. The summed E-state index contributed by atoms with van der Waals surface area (Å²) in [5.74, 6) is 2.42. The predicted octanol–water partition coefficient (Wildman–Crippen LogP) is 3.62. The third-order valence-corrected chi connectivity index (χ3v) is 4.68. The van der Waals surface area contributed by atoms with E-state index in [1.165, 1.54) is 23.4 Å². The molecule has 0 unspecified atom stereocenters. The first kappa shape index (κ1) is 22.9. The molecule has 2 N–H and O–H groups in total. The van der Waals surface area contributed by atoms with Gasteiger partial charge in [-0.2, -0.15) is 0 Å². The Morgan fingerprint density at radius 3 is 2.59 bits per heavy atom. The Morgan fingerprint density at radius 2 is 1.91 bits per heavy atom. The molecule has 0 saturated heterocycles. The van der Waals surface area contributed by atoms with Gasteiger partial charge in [0.2, 0.25) is 0 Å². The number of benzene rings is 2. The van der Waals surface area contributed by atoms with E-state index < -0.39 is 11.8 Å². The quantitative estimate of drug-likeness (QED) is 0.497. The van der Waals surface area contributed by atoms with E-state index in [9.17, 15) is 9.18 Å². The van der Waals surface area contributed by atoms with Gasteiger partial charge in [0.05, 0.1) is 24.4 Å². The van der Waals surface area contributed by atoms with Crippen molar-refractivity contribution < 1.29 is 18.7 Å². The molecule has 9 heteroatoms. The van der Waals surface area contributed by atoms with Crippen molar-refractivity contribution >= 4 is 34.1 Å². The fourth-order valence-electron chi connectivity index (χ4n) is 3.01. The molecule has 3 aromatic rings. The summed E-state index contributed by atoms with van der Waals surface area (Å²) >= 11 is 0. The van der Waals surface area contributed by atoms with Crippen LogP contribution in [0.1, 0.15) is 5.56 Å². The summed E-state index contributed by atoms with van der Waals surface area (Å²) in [7, 11) is 3.09. The first-order chi connectivity index (χ1) is 15.5. The molecule has 0 saturated carbocycles. The Morgan fingerprint density at radius 1 is 1.16 bits per heavy atom. The van der Waals surface area contributed by atoms with Crippen molar-refractivity contribution in [3.8, 4) is 12.3 Å². The molecule has 0 atom stereocenters. The number of rotatable bonds is 9. The van der Waals surface area contributed by atoms with Gasteiger partial charge in [0.25, 0.3) is 0 Å². The van der Waals surface area contributed by atoms with E-state index in [2.05, 4.69) is 26.5 Å². The molecular weight excluding hydrogens is 413 g/mol. The highest BCUT2D eigenvalue weighted by atomic mass is 19.1. The van der Waals surface area contributed by atoms with E-state index in [0.717, 1.165) is 5.69 Å². The molecule has 1 heterocycles. The number of halogens is 1. The van der Waals surface area contributed by atoms with E-state index in [4.69, 9.17) is 15.9 Å². The Hall–Kier alpha value is -3.74. The minimum atomic E-state index is -0.608. The number of nitrogens with zero attached hydrogens (tertiary/aromatic N) is 3. The fraction of sp³-hybridized carbons (Fsp3) is 0.261. The van der Waals surface area contributed by atoms with E-state index in [-0.39, 0.29) is 5.69 Å². The summed E-state index contributed by atoms with van der Waals surface area (Å²) in [6, 6.07) is 9.55. The molecule has 166 valence electrons. The van der Waals surface area contributed by atoms with Crippen molar-refractivity contribution in [2.75, 3.05) is 51.2 Å². The summed E-state index contributed by atoms with van der Waals surface area (Å²) in [4.78, 5) is 22.6. The number of aromatic nitrogens is 2. The predicted molar refractivity (Wildman–Crippen MR) is 121 cm³/mol. The lowest BCUT2D eigenvalue weighted by molar-refractivity contribution is 0.127. The van der Waals surface area contributed by atoms with Crippen molar-refractivity contribution in [1.82, 2.24) is 14.9 Å². The number of fused-ring (bicyclic) bond motifs is 1. The van der Waals surface area contributed by atoms with Crippen LogP contribution >= 0.6 is 0 Å². The van der Waals surface area contributed by atoms with Gasteiger partial charge < -0.3 is 25.0 Å². The van der Waals surface area contributed by atoms with E-state index in [0.29, 0.717) is 48.6 Å². The lowest BCUT2D eigenvalue weighted by Gasteiger charge is -2.22. The number of hydrogen-bond acceptors (Lipinski definition) is 6. The standard InChI is InChI=1S/C23H24FN5O3/c1-4-16-6-5-7-17(12-16)27-22-18-13-21(19(24)14-20(18)25-15-26-22)28-23(30)29(8-10-31-2)9-11-32-3/h1,5-7,12-15H,8-11H2,2-3H3,(H,28,30)(H,25,26,27). The van der Waals surface area contributed by atoms with Crippen LogP contribution in [0, 0.1) is 18.2 Å². The number of amides is 2. The van der Waals surface area contributed by atoms with Crippen molar-refractivity contribution in [1.29, 1.82) is 0 Å². The molecule has 3 rings (SSSR count).